The zero-order valence-electron chi connectivity index (χ0n) is 9.86. The maximum atomic E-state index is 9.34. The Bertz CT molecular complexity index is 256. The molecular weight excluding hydrogens is 190 g/mol. The van der Waals surface area contributed by atoms with Crippen LogP contribution in [0.3, 0.4) is 0 Å². The van der Waals surface area contributed by atoms with E-state index in [0.29, 0.717) is 18.8 Å². The van der Waals surface area contributed by atoms with Crippen LogP contribution in [0.5, 0.6) is 0 Å². The number of nitrogens with zero attached hydrogens (tertiary/aromatic N) is 1. The number of allylic oxidation sites excluding steroid dienone is 1. The Morgan fingerprint density at radius 1 is 1.40 bits per heavy atom. The largest absolute Gasteiger partial charge is 0.508 e. The van der Waals surface area contributed by atoms with E-state index in [4.69, 9.17) is 4.74 Å². The molecule has 0 radical (unpaired) electrons. The van der Waals surface area contributed by atoms with E-state index in [1.54, 1.807) is 6.08 Å². The Labute approximate surface area is 92.0 Å². The van der Waals surface area contributed by atoms with Gasteiger partial charge in [0.1, 0.15) is 11.5 Å². The van der Waals surface area contributed by atoms with Crippen LogP contribution in [0.15, 0.2) is 24.0 Å². The minimum absolute atomic E-state index is 0.331. The normalized spacial score (nSPS) is 25.7. The third-order valence-corrected chi connectivity index (χ3v) is 2.81. The molecule has 1 rings (SSSR count). The number of aliphatic hydroxyl groups excluding tert-OH is 1. The van der Waals surface area contributed by atoms with Gasteiger partial charge in [0.15, 0.2) is 0 Å². The van der Waals surface area contributed by atoms with E-state index in [9.17, 15) is 5.11 Å². The maximum Gasteiger partial charge on any atom is 0.144 e. The smallest absolute Gasteiger partial charge is 0.144 e. The molecular formula is C12H21NO2. The zero-order valence-corrected chi connectivity index (χ0v) is 9.86. The van der Waals surface area contributed by atoms with Crippen LogP contribution in [0.1, 0.15) is 27.2 Å². The number of ether oxygens (including phenoxy) is 1. The van der Waals surface area contributed by atoms with Gasteiger partial charge in [-0.15, -0.1) is 0 Å². The minimum atomic E-state index is -0.357. The van der Waals surface area contributed by atoms with Gasteiger partial charge in [0.05, 0.1) is 0 Å². The van der Waals surface area contributed by atoms with Crippen molar-refractivity contribution in [2.24, 2.45) is 0 Å². The molecule has 0 fully saturated rings. The molecule has 15 heavy (non-hydrogen) atoms. The van der Waals surface area contributed by atoms with E-state index in [1.165, 1.54) is 0 Å². The summed E-state index contributed by atoms with van der Waals surface area (Å²) >= 11 is 0. The molecule has 0 saturated carbocycles. The van der Waals surface area contributed by atoms with E-state index in [1.807, 2.05) is 19.1 Å². The second-order valence-corrected chi connectivity index (χ2v) is 3.62. The summed E-state index contributed by atoms with van der Waals surface area (Å²) in [5.74, 6) is 0.331. The van der Waals surface area contributed by atoms with Gasteiger partial charge in [-0.2, -0.15) is 0 Å². The molecule has 0 aromatic rings. The van der Waals surface area contributed by atoms with Crippen molar-refractivity contribution in [1.29, 1.82) is 0 Å². The lowest BCUT2D eigenvalue weighted by Gasteiger charge is -2.41. The van der Waals surface area contributed by atoms with Gasteiger partial charge in [0, 0.05) is 13.0 Å². The van der Waals surface area contributed by atoms with Crippen molar-refractivity contribution in [2.45, 2.75) is 32.9 Å². The Morgan fingerprint density at radius 2 is 2.07 bits per heavy atom. The summed E-state index contributed by atoms with van der Waals surface area (Å²) in [6.07, 6.45) is 6.20. The predicted molar refractivity (Wildman–Crippen MR) is 61.7 cm³/mol. The quantitative estimate of drug-likeness (QED) is 0.709. The highest BCUT2D eigenvalue weighted by molar-refractivity contribution is 5.22. The Morgan fingerprint density at radius 3 is 2.47 bits per heavy atom. The lowest BCUT2D eigenvalue weighted by atomic mass is 10.0. The molecule has 0 spiro atoms. The molecule has 3 nitrogen and oxygen atoms in total. The van der Waals surface area contributed by atoms with Gasteiger partial charge < -0.3 is 9.84 Å². The van der Waals surface area contributed by atoms with E-state index in [2.05, 4.69) is 18.7 Å². The third-order valence-electron chi connectivity index (χ3n) is 2.81. The van der Waals surface area contributed by atoms with Crippen molar-refractivity contribution in [3.05, 3.63) is 24.0 Å². The first-order valence-electron chi connectivity index (χ1n) is 5.65. The van der Waals surface area contributed by atoms with Gasteiger partial charge in [-0.25, -0.2) is 0 Å². The van der Waals surface area contributed by atoms with Gasteiger partial charge in [0.2, 0.25) is 0 Å². The molecule has 86 valence electrons. The molecule has 0 aliphatic heterocycles. The van der Waals surface area contributed by atoms with Crippen molar-refractivity contribution in [1.82, 2.24) is 4.90 Å². The van der Waals surface area contributed by atoms with Crippen LogP contribution in [-0.4, -0.2) is 35.4 Å². The van der Waals surface area contributed by atoms with Gasteiger partial charge in [-0.3, -0.25) is 4.90 Å². The molecule has 1 atom stereocenters. The first kappa shape index (κ1) is 12.3. The van der Waals surface area contributed by atoms with E-state index in [-0.39, 0.29) is 5.72 Å². The topological polar surface area (TPSA) is 32.7 Å². The number of rotatable bonds is 5. The van der Waals surface area contributed by atoms with Crippen molar-refractivity contribution in [3.8, 4) is 0 Å². The van der Waals surface area contributed by atoms with Gasteiger partial charge in [-0.05, 0) is 38.2 Å². The number of aliphatic hydroxyl groups is 1. The first-order valence-corrected chi connectivity index (χ1v) is 5.65. The Kier molecular flexibility index (Phi) is 4.36. The molecule has 0 aromatic carbocycles. The average molecular weight is 211 g/mol. The van der Waals surface area contributed by atoms with Crippen LogP contribution >= 0.6 is 0 Å². The van der Waals surface area contributed by atoms with Gasteiger partial charge in [0.25, 0.3) is 0 Å². The van der Waals surface area contributed by atoms with Gasteiger partial charge >= 0.3 is 0 Å². The molecule has 0 heterocycles. The molecule has 1 N–H and O–H groups in total. The summed E-state index contributed by atoms with van der Waals surface area (Å²) < 4.78 is 5.85. The fraction of sp³-hybridized carbons (Fsp3) is 0.667. The molecule has 3 heteroatoms. The third kappa shape index (κ3) is 2.61. The van der Waals surface area contributed by atoms with Crippen molar-refractivity contribution in [3.63, 3.8) is 0 Å². The zero-order chi connectivity index (χ0) is 11.3. The van der Waals surface area contributed by atoms with Crippen LogP contribution in [0, 0.1) is 0 Å². The Hall–Kier alpha value is -0.800. The lowest BCUT2D eigenvalue weighted by Crippen LogP contribution is -2.49. The number of hydrogen-bond donors (Lipinski definition) is 1. The summed E-state index contributed by atoms with van der Waals surface area (Å²) in [6, 6.07) is 0. The standard InChI is InChI=1S/C12H21NO2/c1-4-13(5-2)12(15-6-3)9-7-11(14)8-10-12/h7-9,14H,4-6,10H2,1-3H3. The average Bonchev–Trinajstić information content (AvgIpc) is 2.24. The van der Waals surface area contributed by atoms with Crippen molar-refractivity contribution < 1.29 is 9.84 Å². The summed E-state index contributed by atoms with van der Waals surface area (Å²) in [5, 5.41) is 9.34. The van der Waals surface area contributed by atoms with E-state index >= 15 is 0 Å². The summed E-state index contributed by atoms with van der Waals surface area (Å²) in [5.41, 5.74) is -0.357. The molecule has 1 aliphatic carbocycles. The monoisotopic (exact) mass is 211 g/mol. The lowest BCUT2D eigenvalue weighted by molar-refractivity contribution is -0.114. The number of likely N-dealkylation sites (N-methyl/N-ethyl adjacent to an activating group) is 1. The fourth-order valence-electron chi connectivity index (χ4n) is 2.04. The molecule has 0 aromatic heterocycles. The van der Waals surface area contributed by atoms with Crippen LogP contribution in [0.4, 0.5) is 0 Å². The van der Waals surface area contributed by atoms with Crippen LogP contribution in [0.2, 0.25) is 0 Å². The van der Waals surface area contributed by atoms with Crippen molar-refractivity contribution >= 4 is 0 Å². The summed E-state index contributed by atoms with van der Waals surface area (Å²) in [4.78, 5) is 2.26. The maximum absolute atomic E-state index is 9.34. The second kappa shape index (κ2) is 5.33. The molecule has 0 amide bonds. The SMILES string of the molecule is CCOC1(N(CC)CC)C=CC(O)=CC1. The van der Waals surface area contributed by atoms with Crippen LogP contribution < -0.4 is 0 Å². The predicted octanol–water partition coefficient (Wildman–Crippen LogP) is 2.46. The van der Waals surface area contributed by atoms with E-state index < -0.39 is 0 Å². The minimum Gasteiger partial charge on any atom is -0.508 e. The highest BCUT2D eigenvalue weighted by atomic mass is 16.5. The molecule has 0 bridgehead atoms. The molecule has 0 saturated heterocycles. The highest BCUT2D eigenvalue weighted by Gasteiger charge is 2.33. The van der Waals surface area contributed by atoms with Crippen LogP contribution in [0.25, 0.3) is 0 Å². The second-order valence-electron chi connectivity index (χ2n) is 3.62. The summed E-state index contributed by atoms with van der Waals surface area (Å²) in [7, 11) is 0. The summed E-state index contributed by atoms with van der Waals surface area (Å²) in [6.45, 7) is 8.80. The van der Waals surface area contributed by atoms with Crippen molar-refractivity contribution in [2.75, 3.05) is 19.7 Å². The number of hydrogen-bond acceptors (Lipinski definition) is 3. The highest BCUT2D eigenvalue weighted by Crippen LogP contribution is 2.28. The fourth-order valence-corrected chi connectivity index (χ4v) is 2.04. The first-order chi connectivity index (χ1) is 7.18. The molecule has 1 aliphatic rings. The van der Waals surface area contributed by atoms with E-state index in [0.717, 1.165) is 13.1 Å². The van der Waals surface area contributed by atoms with Gasteiger partial charge in [-0.1, -0.05) is 13.8 Å². The Balaban J connectivity index is 2.85. The van der Waals surface area contributed by atoms with Crippen LogP contribution in [-0.2, 0) is 4.74 Å². The molecule has 1 unspecified atom stereocenters.